The number of sulfone groups is 1. The molecule has 0 amide bonds. The molecule has 1 fully saturated rings. The lowest BCUT2D eigenvalue weighted by molar-refractivity contribution is 0.194. The molecule has 7 nitrogen and oxygen atoms in total. The molecule has 0 radical (unpaired) electrons. The molecule has 1 atom stereocenters. The van der Waals surface area contributed by atoms with E-state index in [-0.39, 0.29) is 6.04 Å². The van der Waals surface area contributed by atoms with Gasteiger partial charge in [0.2, 0.25) is 5.88 Å². The summed E-state index contributed by atoms with van der Waals surface area (Å²) in [7, 11) is -2.88. The van der Waals surface area contributed by atoms with Crippen molar-refractivity contribution in [1.29, 1.82) is 0 Å². The zero-order valence-corrected chi connectivity index (χ0v) is 20.4. The molecule has 1 saturated heterocycles. The van der Waals surface area contributed by atoms with Crippen LogP contribution in [0.4, 0.5) is 11.4 Å². The van der Waals surface area contributed by atoms with Crippen molar-refractivity contribution >= 4 is 21.2 Å². The molecule has 2 aliphatic rings. The fourth-order valence-corrected chi connectivity index (χ4v) is 6.70. The highest BCUT2D eigenvalue weighted by Crippen LogP contribution is 2.33. The quantitative estimate of drug-likeness (QED) is 0.570. The van der Waals surface area contributed by atoms with Gasteiger partial charge in [0.05, 0.1) is 23.8 Å². The standard InChI is InChI=1S/C26H30N4O3S/c1-3-33-26-10-9-25(28-29-26)23-15-20(8-7-18(23)2)27-24-6-4-5-19-16-30(13-11-22(19)24)21-12-14-34(31,32)17-21/h4-10,15,21,27H,3,11-14,16-17H2,1-2H3/t21-/m1/s1. The first-order valence-electron chi connectivity index (χ1n) is 11.8. The number of nitrogens with zero attached hydrogens (tertiary/aromatic N) is 3. The summed E-state index contributed by atoms with van der Waals surface area (Å²) < 4.78 is 29.3. The van der Waals surface area contributed by atoms with Gasteiger partial charge in [0.1, 0.15) is 0 Å². The number of benzene rings is 2. The Morgan fingerprint density at radius 1 is 1.15 bits per heavy atom. The van der Waals surface area contributed by atoms with Crippen LogP contribution in [0, 0.1) is 6.92 Å². The molecule has 3 aromatic rings. The molecular weight excluding hydrogens is 448 g/mol. The molecule has 5 rings (SSSR count). The van der Waals surface area contributed by atoms with Crippen molar-refractivity contribution in [3.05, 3.63) is 65.2 Å². The maximum Gasteiger partial charge on any atom is 0.233 e. The van der Waals surface area contributed by atoms with Crippen LogP contribution in [0.15, 0.2) is 48.5 Å². The van der Waals surface area contributed by atoms with E-state index < -0.39 is 9.84 Å². The van der Waals surface area contributed by atoms with E-state index in [9.17, 15) is 8.42 Å². The number of hydrogen-bond donors (Lipinski definition) is 1. The lowest BCUT2D eigenvalue weighted by atomic mass is 9.96. The third-order valence-corrected chi connectivity index (χ3v) is 8.50. The third-order valence-electron chi connectivity index (χ3n) is 6.75. The highest BCUT2D eigenvalue weighted by molar-refractivity contribution is 7.91. The number of fused-ring (bicyclic) bond motifs is 1. The van der Waals surface area contributed by atoms with Crippen molar-refractivity contribution in [1.82, 2.24) is 15.1 Å². The van der Waals surface area contributed by atoms with Crippen molar-refractivity contribution in [2.45, 2.75) is 39.3 Å². The average molecular weight is 479 g/mol. The van der Waals surface area contributed by atoms with E-state index in [0.29, 0.717) is 24.0 Å². The first-order chi connectivity index (χ1) is 16.4. The molecule has 2 aliphatic heterocycles. The third kappa shape index (κ3) is 4.79. The van der Waals surface area contributed by atoms with Gasteiger partial charge < -0.3 is 10.1 Å². The Labute approximate surface area is 201 Å². The predicted molar refractivity (Wildman–Crippen MR) is 134 cm³/mol. The highest BCUT2D eigenvalue weighted by Gasteiger charge is 2.34. The van der Waals surface area contributed by atoms with Gasteiger partial charge in [-0.05, 0) is 67.6 Å². The van der Waals surface area contributed by atoms with Crippen molar-refractivity contribution in [2.75, 3.05) is 30.0 Å². The van der Waals surface area contributed by atoms with Crippen LogP contribution in [-0.4, -0.2) is 54.2 Å². The monoisotopic (exact) mass is 478 g/mol. The Morgan fingerprint density at radius 2 is 2.03 bits per heavy atom. The number of nitrogens with one attached hydrogen (secondary N) is 1. The van der Waals surface area contributed by atoms with Crippen molar-refractivity contribution in [3.63, 3.8) is 0 Å². The molecule has 8 heteroatoms. The largest absolute Gasteiger partial charge is 0.477 e. The van der Waals surface area contributed by atoms with E-state index in [1.807, 2.05) is 19.1 Å². The first kappa shape index (κ1) is 22.8. The minimum atomic E-state index is -2.88. The summed E-state index contributed by atoms with van der Waals surface area (Å²) >= 11 is 0. The zero-order valence-electron chi connectivity index (χ0n) is 19.6. The minimum Gasteiger partial charge on any atom is -0.477 e. The SMILES string of the molecule is CCOc1ccc(-c2cc(Nc3cccc4c3CCN([C@@H]3CCS(=O)(=O)C3)C4)ccc2C)nn1. The van der Waals surface area contributed by atoms with Gasteiger partial charge in [-0.2, -0.15) is 0 Å². The summed E-state index contributed by atoms with van der Waals surface area (Å²) in [5, 5.41) is 12.1. The van der Waals surface area contributed by atoms with Gasteiger partial charge in [-0.3, -0.25) is 4.90 Å². The van der Waals surface area contributed by atoms with Crippen LogP contribution in [0.3, 0.4) is 0 Å². The number of aromatic nitrogens is 2. The van der Waals surface area contributed by atoms with E-state index in [1.54, 1.807) is 0 Å². The van der Waals surface area contributed by atoms with Crippen LogP contribution in [0.25, 0.3) is 11.3 Å². The highest BCUT2D eigenvalue weighted by atomic mass is 32.2. The van der Waals surface area contributed by atoms with Gasteiger partial charge in [-0.15, -0.1) is 10.2 Å². The second-order valence-corrected chi connectivity index (χ2v) is 11.3. The maximum absolute atomic E-state index is 11.9. The van der Waals surface area contributed by atoms with Gasteiger partial charge in [0.25, 0.3) is 0 Å². The van der Waals surface area contributed by atoms with E-state index in [2.05, 4.69) is 63.7 Å². The van der Waals surface area contributed by atoms with Crippen molar-refractivity contribution < 1.29 is 13.2 Å². The fraction of sp³-hybridized carbons (Fsp3) is 0.385. The Hall–Kier alpha value is -2.97. The summed E-state index contributed by atoms with van der Waals surface area (Å²) in [6.45, 7) is 6.23. The zero-order chi connectivity index (χ0) is 23.7. The maximum atomic E-state index is 11.9. The van der Waals surface area contributed by atoms with Gasteiger partial charge in [0.15, 0.2) is 9.84 Å². The first-order valence-corrected chi connectivity index (χ1v) is 13.6. The summed E-state index contributed by atoms with van der Waals surface area (Å²) in [5.41, 5.74) is 7.63. The minimum absolute atomic E-state index is 0.143. The number of rotatable bonds is 6. The van der Waals surface area contributed by atoms with Crippen LogP contribution in [0.2, 0.25) is 0 Å². The van der Waals surface area contributed by atoms with Gasteiger partial charge in [-0.1, -0.05) is 18.2 Å². The van der Waals surface area contributed by atoms with E-state index in [4.69, 9.17) is 4.74 Å². The molecule has 1 aromatic heterocycles. The topological polar surface area (TPSA) is 84.4 Å². The molecule has 178 valence electrons. The van der Waals surface area contributed by atoms with Crippen molar-refractivity contribution in [3.8, 4) is 17.1 Å². The van der Waals surface area contributed by atoms with Gasteiger partial charge in [-0.25, -0.2) is 8.42 Å². The fourth-order valence-electron chi connectivity index (χ4n) is 4.94. The smallest absolute Gasteiger partial charge is 0.233 e. The number of ether oxygens (including phenoxy) is 1. The van der Waals surface area contributed by atoms with Crippen LogP contribution >= 0.6 is 0 Å². The second-order valence-electron chi connectivity index (χ2n) is 9.07. The molecule has 0 unspecified atom stereocenters. The molecule has 2 aromatic carbocycles. The lowest BCUT2D eigenvalue weighted by Crippen LogP contribution is -2.40. The summed E-state index contributed by atoms with van der Waals surface area (Å²) in [6.07, 6.45) is 1.65. The molecule has 0 spiro atoms. The predicted octanol–water partition coefficient (Wildman–Crippen LogP) is 4.14. The Kier molecular flexibility index (Phi) is 6.27. The molecule has 3 heterocycles. The Morgan fingerprint density at radius 3 is 2.76 bits per heavy atom. The Balaban J connectivity index is 1.36. The molecule has 0 saturated carbocycles. The van der Waals surface area contributed by atoms with Crippen molar-refractivity contribution in [2.24, 2.45) is 0 Å². The normalized spacial score (nSPS) is 19.5. The summed E-state index contributed by atoms with van der Waals surface area (Å²) in [5.74, 6) is 1.14. The van der Waals surface area contributed by atoms with Gasteiger partial charge >= 0.3 is 0 Å². The van der Waals surface area contributed by atoms with Crippen LogP contribution in [0.5, 0.6) is 5.88 Å². The summed E-state index contributed by atoms with van der Waals surface area (Å²) in [4.78, 5) is 2.34. The number of anilines is 2. The summed E-state index contributed by atoms with van der Waals surface area (Å²) in [6, 6.07) is 16.6. The van der Waals surface area contributed by atoms with E-state index in [1.165, 1.54) is 11.1 Å². The van der Waals surface area contributed by atoms with Gasteiger partial charge in [0, 0.05) is 42.1 Å². The molecule has 34 heavy (non-hydrogen) atoms. The van der Waals surface area contributed by atoms with E-state index in [0.717, 1.165) is 54.1 Å². The molecule has 0 bridgehead atoms. The number of aryl methyl sites for hydroxylation is 1. The molecule has 0 aliphatic carbocycles. The second kappa shape index (κ2) is 9.35. The van der Waals surface area contributed by atoms with Crippen LogP contribution < -0.4 is 10.1 Å². The van der Waals surface area contributed by atoms with Crippen LogP contribution in [-0.2, 0) is 22.8 Å². The average Bonchev–Trinajstić information content (AvgIpc) is 3.20. The molecule has 1 N–H and O–H groups in total. The Bertz CT molecular complexity index is 1290. The number of hydrogen-bond acceptors (Lipinski definition) is 7. The van der Waals surface area contributed by atoms with Crippen LogP contribution in [0.1, 0.15) is 30.0 Å². The molecular formula is C26H30N4O3S. The lowest BCUT2D eigenvalue weighted by Gasteiger charge is -2.34. The van der Waals surface area contributed by atoms with E-state index >= 15 is 0 Å².